The zero-order valence-corrected chi connectivity index (χ0v) is 16.3. The smallest absolute Gasteiger partial charge is 0.244 e. The molecule has 29 heavy (non-hydrogen) atoms. The van der Waals surface area contributed by atoms with E-state index < -0.39 is 17.8 Å². The van der Waals surface area contributed by atoms with Gasteiger partial charge in [-0.15, -0.1) is 0 Å². The maximum absolute atomic E-state index is 14.3. The Morgan fingerprint density at radius 3 is 2.69 bits per heavy atom. The van der Waals surface area contributed by atoms with E-state index in [1.165, 1.54) is 36.4 Å². The van der Waals surface area contributed by atoms with Crippen molar-refractivity contribution < 1.29 is 23.4 Å². The summed E-state index contributed by atoms with van der Waals surface area (Å²) in [6.45, 7) is 1.81. The second kappa shape index (κ2) is 9.82. The minimum Gasteiger partial charge on any atom is -0.394 e. The van der Waals surface area contributed by atoms with Gasteiger partial charge in [0.05, 0.1) is 36.6 Å². The van der Waals surface area contributed by atoms with Crippen molar-refractivity contribution in [2.45, 2.75) is 6.04 Å². The van der Waals surface area contributed by atoms with E-state index in [4.69, 9.17) is 16.3 Å². The van der Waals surface area contributed by atoms with Gasteiger partial charge in [0.15, 0.2) is 0 Å². The highest BCUT2D eigenvalue weighted by atomic mass is 35.5. The monoisotopic (exact) mass is 422 g/mol. The number of hydrogen-bond donors (Lipinski definition) is 2. The number of ether oxygens (including phenoxy) is 1. The molecule has 1 aliphatic rings. The van der Waals surface area contributed by atoms with E-state index in [-0.39, 0.29) is 17.4 Å². The van der Waals surface area contributed by atoms with Gasteiger partial charge in [0.25, 0.3) is 0 Å². The van der Waals surface area contributed by atoms with Crippen LogP contribution in [0.1, 0.15) is 17.2 Å². The van der Waals surface area contributed by atoms with Crippen molar-refractivity contribution in [1.82, 2.24) is 5.32 Å². The number of benzene rings is 2. The maximum Gasteiger partial charge on any atom is 0.244 e. The lowest BCUT2D eigenvalue weighted by atomic mass is 10.1. The van der Waals surface area contributed by atoms with E-state index in [2.05, 4.69) is 5.32 Å². The van der Waals surface area contributed by atoms with Crippen LogP contribution in [0.5, 0.6) is 0 Å². The highest BCUT2D eigenvalue weighted by Gasteiger charge is 2.19. The molecule has 2 aromatic rings. The van der Waals surface area contributed by atoms with Gasteiger partial charge < -0.3 is 20.1 Å². The summed E-state index contributed by atoms with van der Waals surface area (Å²) in [6.07, 6.45) is 2.70. The van der Waals surface area contributed by atoms with Crippen LogP contribution < -0.4 is 10.2 Å². The van der Waals surface area contributed by atoms with Gasteiger partial charge >= 0.3 is 0 Å². The minimum absolute atomic E-state index is 0.182. The number of anilines is 1. The van der Waals surface area contributed by atoms with Crippen molar-refractivity contribution in [1.29, 1.82) is 0 Å². The topological polar surface area (TPSA) is 61.8 Å². The fourth-order valence-corrected chi connectivity index (χ4v) is 3.28. The average Bonchev–Trinajstić information content (AvgIpc) is 2.72. The van der Waals surface area contributed by atoms with Crippen molar-refractivity contribution in [2.24, 2.45) is 0 Å². The van der Waals surface area contributed by atoms with Crippen molar-refractivity contribution in [3.63, 3.8) is 0 Å². The van der Waals surface area contributed by atoms with E-state index in [9.17, 15) is 18.7 Å². The van der Waals surface area contributed by atoms with Gasteiger partial charge in [-0.05, 0) is 41.5 Å². The van der Waals surface area contributed by atoms with Crippen LogP contribution in [0.25, 0.3) is 6.08 Å². The van der Waals surface area contributed by atoms with Crippen LogP contribution >= 0.6 is 11.6 Å². The average molecular weight is 423 g/mol. The Labute approximate surface area is 172 Å². The van der Waals surface area contributed by atoms with Gasteiger partial charge in [0.2, 0.25) is 5.91 Å². The van der Waals surface area contributed by atoms with E-state index in [0.717, 1.165) is 6.07 Å². The number of carbonyl (C=O) groups is 1. The lowest BCUT2D eigenvalue weighted by Crippen LogP contribution is -2.37. The Morgan fingerprint density at radius 1 is 1.24 bits per heavy atom. The fraction of sp³-hybridized carbons (Fsp3) is 0.286. The van der Waals surface area contributed by atoms with Crippen molar-refractivity contribution in [3.05, 3.63) is 70.3 Å². The molecule has 1 fully saturated rings. The molecule has 154 valence electrons. The Balaban J connectivity index is 1.72. The Kier molecular flexibility index (Phi) is 7.19. The highest BCUT2D eigenvalue weighted by Crippen LogP contribution is 2.25. The summed E-state index contributed by atoms with van der Waals surface area (Å²) in [5.74, 6) is -1.31. The van der Waals surface area contributed by atoms with Crippen LogP contribution in [-0.2, 0) is 9.53 Å². The van der Waals surface area contributed by atoms with Crippen LogP contribution in [-0.4, -0.2) is 43.9 Å². The van der Waals surface area contributed by atoms with Crippen molar-refractivity contribution in [2.75, 3.05) is 37.8 Å². The van der Waals surface area contributed by atoms with Crippen molar-refractivity contribution >= 4 is 29.3 Å². The number of aliphatic hydroxyl groups is 1. The zero-order chi connectivity index (χ0) is 20.8. The van der Waals surface area contributed by atoms with E-state index in [1.54, 1.807) is 6.07 Å². The summed E-state index contributed by atoms with van der Waals surface area (Å²) in [6, 6.07) is 7.62. The molecule has 1 amide bonds. The third kappa shape index (κ3) is 5.53. The number of aliphatic hydroxyl groups excluding tert-OH is 1. The predicted molar refractivity (Wildman–Crippen MR) is 108 cm³/mol. The third-order valence-corrected chi connectivity index (χ3v) is 4.93. The normalized spacial score (nSPS) is 15.5. The molecular formula is C21H21ClF2N2O3. The molecule has 1 aliphatic heterocycles. The van der Waals surface area contributed by atoms with Gasteiger partial charge in [0.1, 0.15) is 11.6 Å². The first-order chi connectivity index (χ1) is 14.0. The number of morpholine rings is 1. The zero-order valence-electron chi connectivity index (χ0n) is 15.6. The molecule has 3 rings (SSSR count). The summed E-state index contributed by atoms with van der Waals surface area (Å²) in [5, 5.41) is 12.6. The number of amides is 1. The van der Waals surface area contributed by atoms with Gasteiger partial charge in [-0.3, -0.25) is 4.79 Å². The van der Waals surface area contributed by atoms with Gasteiger partial charge in [-0.2, -0.15) is 0 Å². The summed E-state index contributed by atoms with van der Waals surface area (Å²) in [5.41, 5.74) is 1.48. The first kappa shape index (κ1) is 21.2. The molecule has 5 nitrogen and oxygen atoms in total. The molecule has 1 heterocycles. The molecule has 0 spiro atoms. The number of rotatable bonds is 6. The summed E-state index contributed by atoms with van der Waals surface area (Å²) >= 11 is 5.94. The van der Waals surface area contributed by atoms with Crippen LogP contribution in [0.15, 0.2) is 42.5 Å². The predicted octanol–water partition coefficient (Wildman–Crippen LogP) is 3.32. The molecule has 2 aromatic carbocycles. The van der Waals surface area contributed by atoms with Gasteiger partial charge in [-0.25, -0.2) is 8.78 Å². The van der Waals surface area contributed by atoms with Crippen LogP contribution in [0.2, 0.25) is 5.02 Å². The Morgan fingerprint density at radius 2 is 2.00 bits per heavy atom. The highest BCUT2D eigenvalue weighted by molar-refractivity contribution is 6.32. The molecule has 0 radical (unpaired) electrons. The van der Waals surface area contributed by atoms with E-state index in [1.807, 2.05) is 4.90 Å². The molecule has 0 aromatic heterocycles. The third-order valence-electron chi connectivity index (χ3n) is 4.60. The first-order valence-electron chi connectivity index (χ1n) is 9.14. The molecule has 0 aliphatic carbocycles. The largest absolute Gasteiger partial charge is 0.394 e. The summed E-state index contributed by atoms with van der Waals surface area (Å²) in [4.78, 5) is 14.1. The summed E-state index contributed by atoms with van der Waals surface area (Å²) in [7, 11) is 0. The molecular weight excluding hydrogens is 402 g/mol. The van der Waals surface area contributed by atoms with Crippen LogP contribution in [0.3, 0.4) is 0 Å². The molecule has 8 heteroatoms. The number of halogens is 3. The molecule has 1 saturated heterocycles. The molecule has 2 N–H and O–H groups in total. The lowest BCUT2D eigenvalue weighted by Gasteiger charge is -2.30. The van der Waals surface area contributed by atoms with Crippen molar-refractivity contribution in [3.8, 4) is 0 Å². The number of nitrogens with one attached hydrogen (secondary N) is 1. The second-order valence-electron chi connectivity index (χ2n) is 6.55. The Bertz CT molecular complexity index is 901. The molecule has 0 bridgehead atoms. The second-order valence-corrected chi connectivity index (χ2v) is 6.96. The number of nitrogens with zero attached hydrogens (tertiary/aromatic N) is 1. The van der Waals surface area contributed by atoms with Crippen LogP contribution in [0.4, 0.5) is 14.5 Å². The van der Waals surface area contributed by atoms with Gasteiger partial charge in [0, 0.05) is 19.2 Å². The standard InChI is InChI=1S/C21H21ClF2N2O3/c22-17-12-16(23)4-1-14(17)3-6-21(28)25-19(13-27)15-2-5-18(24)20(11-15)26-7-9-29-10-8-26/h1-6,11-12,19,27H,7-10,13H2,(H,25,28)/b6-3+. The molecule has 1 unspecified atom stereocenters. The Hall–Kier alpha value is -2.48. The fourth-order valence-electron chi connectivity index (χ4n) is 3.05. The SMILES string of the molecule is O=C(/C=C/c1ccc(F)cc1Cl)NC(CO)c1ccc(F)c(N2CCOCC2)c1. The first-order valence-corrected chi connectivity index (χ1v) is 9.52. The quantitative estimate of drug-likeness (QED) is 0.701. The molecule has 1 atom stereocenters. The van der Waals surface area contributed by atoms with Crippen LogP contribution in [0, 0.1) is 11.6 Å². The number of hydrogen-bond acceptors (Lipinski definition) is 4. The van der Waals surface area contributed by atoms with E-state index >= 15 is 0 Å². The molecule has 0 saturated carbocycles. The maximum atomic E-state index is 14.3. The summed E-state index contributed by atoms with van der Waals surface area (Å²) < 4.78 is 32.7. The number of carbonyl (C=O) groups excluding carboxylic acids is 1. The minimum atomic E-state index is -0.712. The van der Waals surface area contributed by atoms with Gasteiger partial charge in [-0.1, -0.05) is 23.7 Å². The van der Waals surface area contributed by atoms with E-state index in [0.29, 0.717) is 43.1 Å². The lowest BCUT2D eigenvalue weighted by molar-refractivity contribution is -0.117.